The number of rotatable bonds is 6. The van der Waals surface area contributed by atoms with Crippen LogP contribution in [0.25, 0.3) is 11.3 Å². The van der Waals surface area contributed by atoms with E-state index in [1.807, 2.05) is 42.3 Å². The second kappa shape index (κ2) is 8.26. The van der Waals surface area contributed by atoms with Gasteiger partial charge in [0.15, 0.2) is 0 Å². The van der Waals surface area contributed by atoms with Gasteiger partial charge in [-0.3, -0.25) is 10.2 Å². The van der Waals surface area contributed by atoms with Crippen molar-refractivity contribution in [2.75, 3.05) is 13.1 Å². The van der Waals surface area contributed by atoms with Crippen LogP contribution in [0, 0.1) is 6.92 Å². The molecular weight excluding hydrogens is 360 g/mol. The summed E-state index contributed by atoms with van der Waals surface area (Å²) in [5, 5.41) is 9.87. The summed E-state index contributed by atoms with van der Waals surface area (Å²) in [4.78, 5) is 12.3. The smallest absolute Gasteiger partial charge is 0.304 e. The summed E-state index contributed by atoms with van der Waals surface area (Å²) >= 11 is 0. The van der Waals surface area contributed by atoms with Gasteiger partial charge in [-0.1, -0.05) is 41.9 Å². The Morgan fingerprint density at radius 2 is 1.93 bits per heavy atom. The van der Waals surface area contributed by atoms with Gasteiger partial charge < -0.3 is 13.8 Å². The molecule has 1 aliphatic heterocycles. The topological polar surface area (TPSA) is 93.6 Å². The van der Waals surface area contributed by atoms with Crippen molar-refractivity contribution in [3.8, 4) is 17.1 Å². The monoisotopic (exact) mass is 382 g/mol. The Morgan fingerprint density at radius 3 is 2.71 bits per heavy atom. The molecule has 8 heteroatoms. The molecule has 1 saturated heterocycles. The lowest BCUT2D eigenvalue weighted by molar-refractivity contribution is 0.0712. The highest BCUT2D eigenvalue weighted by Gasteiger charge is 2.20. The number of ether oxygens (including phenoxy) is 1. The molecule has 1 N–H and O–H groups in total. The number of amides is 1. The Morgan fingerprint density at radius 1 is 1.14 bits per heavy atom. The van der Waals surface area contributed by atoms with Crippen LogP contribution in [0.15, 0.2) is 45.4 Å². The largest absolute Gasteiger partial charge is 0.470 e. The number of carbonyl (C=O) groups is 1. The van der Waals surface area contributed by atoms with Gasteiger partial charge in [0.1, 0.15) is 18.1 Å². The molecule has 8 nitrogen and oxygen atoms in total. The molecule has 0 radical (unpaired) electrons. The van der Waals surface area contributed by atoms with E-state index in [9.17, 15) is 4.79 Å². The number of nitrogens with zero attached hydrogens (tertiary/aromatic N) is 3. The maximum atomic E-state index is 12.3. The quantitative estimate of drug-likeness (QED) is 0.699. The Hall–Kier alpha value is -3.13. The summed E-state index contributed by atoms with van der Waals surface area (Å²) in [5.74, 6) is 0.704. The van der Waals surface area contributed by atoms with Crippen molar-refractivity contribution in [1.29, 1.82) is 0 Å². The molecule has 28 heavy (non-hydrogen) atoms. The van der Waals surface area contributed by atoms with E-state index in [-0.39, 0.29) is 24.2 Å². The number of hydrogen-bond acceptors (Lipinski definition) is 7. The molecule has 0 aliphatic carbocycles. The predicted octanol–water partition coefficient (Wildman–Crippen LogP) is 3.35. The number of piperidine rings is 1. The number of hydrazine groups is 1. The zero-order valence-electron chi connectivity index (χ0n) is 15.7. The van der Waals surface area contributed by atoms with Gasteiger partial charge in [0.25, 0.3) is 5.88 Å². The van der Waals surface area contributed by atoms with E-state index in [1.165, 1.54) is 12.5 Å². The van der Waals surface area contributed by atoms with Crippen LogP contribution in [-0.4, -0.2) is 34.3 Å². The van der Waals surface area contributed by atoms with E-state index in [2.05, 4.69) is 15.7 Å². The molecule has 0 bridgehead atoms. The maximum Gasteiger partial charge on any atom is 0.304 e. The summed E-state index contributed by atoms with van der Waals surface area (Å²) in [6.45, 7) is 3.73. The van der Waals surface area contributed by atoms with Gasteiger partial charge in [0.2, 0.25) is 5.76 Å². The Labute approximate surface area is 162 Å². The minimum atomic E-state index is -0.324. The molecule has 146 valence electrons. The first-order valence-electron chi connectivity index (χ1n) is 9.37. The van der Waals surface area contributed by atoms with E-state index < -0.39 is 0 Å². The van der Waals surface area contributed by atoms with Crippen LogP contribution in [0.3, 0.4) is 0 Å². The number of nitrogens with one attached hydrogen (secondary N) is 1. The average Bonchev–Trinajstić information content (AvgIpc) is 3.34. The Balaban J connectivity index is 1.40. The predicted molar refractivity (Wildman–Crippen MR) is 100 cm³/mol. The summed E-state index contributed by atoms with van der Waals surface area (Å²) in [7, 11) is 0. The highest BCUT2D eigenvalue weighted by molar-refractivity contribution is 5.91. The zero-order chi connectivity index (χ0) is 19.3. The fourth-order valence-electron chi connectivity index (χ4n) is 3.17. The third kappa shape index (κ3) is 4.07. The minimum absolute atomic E-state index is 0.117. The lowest BCUT2D eigenvalue weighted by Gasteiger charge is -2.26. The molecule has 3 aromatic rings. The van der Waals surface area contributed by atoms with Gasteiger partial charge in [-0.2, -0.15) is 0 Å². The lowest BCUT2D eigenvalue weighted by atomic mass is 10.1. The number of benzene rings is 1. The summed E-state index contributed by atoms with van der Waals surface area (Å²) < 4.78 is 16.2. The molecule has 4 rings (SSSR count). The maximum absolute atomic E-state index is 12.3. The fraction of sp³-hybridized carbons (Fsp3) is 0.350. The van der Waals surface area contributed by atoms with Crippen molar-refractivity contribution in [1.82, 2.24) is 20.7 Å². The van der Waals surface area contributed by atoms with E-state index in [4.69, 9.17) is 13.8 Å². The fourth-order valence-corrected chi connectivity index (χ4v) is 3.17. The standard InChI is InChI=1S/C20H22N4O4/c1-14-16(19(23-27-14)15-8-4-2-5-9-15)13-26-18-12-17(28-22-18)20(25)21-24-10-6-3-7-11-24/h2,4-5,8-9,12H,3,6-7,10-11,13H2,1H3,(H,21,25). The molecule has 1 amide bonds. The second-order valence-corrected chi connectivity index (χ2v) is 6.74. The lowest BCUT2D eigenvalue weighted by Crippen LogP contribution is -2.44. The van der Waals surface area contributed by atoms with E-state index in [0.717, 1.165) is 42.8 Å². The highest BCUT2D eigenvalue weighted by atomic mass is 16.5. The number of hydrogen-bond donors (Lipinski definition) is 1. The van der Waals surface area contributed by atoms with Crippen LogP contribution in [0.4, 0.5) is 0 Å². The number of aryl methyl sites for hydroxylation is 1. The van der Waals surface area contributed by atoms with E-state index in [1.54, 1.807) is 0 Å². The molecule has 2 aromatic heterocycles. The van der Waals surface area contributed by atoms with Crippen molar-refractivity contribution in [2.45, 2.75) is 32.8 Å². The molecule has 3 heterocycles. The molecule has 0 unspecified atom stereocenters. The van der Waals surface area contributed by atoms with Crippen LogP contribution in [0.5, 0.6) is 5.88 Å². The van der Waals surface area contributed by atoms with Crippen molar-refractivity contribution in [2.24, 2.45) is 0 Å². The molecule has 1 aliphatic rings. The molecule has 1 aromatic carbocycles. The number of carbonyl (C=O) groups excluding carboxylic acids is 1. The van der Waals surface area contributed by atoms with Gasteiger partial charge in [-0.25, -0.2) is 5.01 Å². The first kappa shape index (κ1) is 18.2. The van der Waals surface area contributed by atoms with Crippen molar-refractivity contribution in [3.63, 3.8) is 0 Å². The minimum Gasteiger partial charge on any atom is -0.470 e. The van der Waals surface area contributed by atoms with Crippen LogP contribution in [0.1, 0.15) is 41.1 Å². The van der Waals surface area contributed by atoms with Crippen LogP contribution in [-0.2, 0) is 6.61 Å². The summed E-state index contributed by atoms with van der Waals surface area (Å²) in [5.41, 5.74) is 5.34. The van der Waals surface area contributed by atoms with Crippen LogP contribution in [0.2, 0.25) is 0 Å². The van der Waals surface area contributed by atoms with Crippen LogP contribution >= 0.6 is 0 Å². The average molecular weight is 382 g/mol. The molecular formula is C20H22N4O4. The zero-order valence-corrected chi connectivity index (χ0v) is 15.7. The summed E-state index contributed by atoms with van der Waals surface area (Å²) in [6, 6.07) is 11.2. The molecule has 0 saturated carbocycles. The van der Waals surface area contributed by atoms with Gasteiger partial charge >= 0.3 is 5.91 Å². The molecule has 0 spiro atoms. The first-order chi connectivity index (χ1) is 13.7. The molecule has 0 atom stereocenters. The summed E-state index contributed by atoms with van der Waals surface area (Å²) in [6.07, 6.45) is 3.35. The van der Waals surface area contributed by atoms with Gasteiger partial charge in [0, 0.05) is 18.7 Å². The second-order valence-electron chi connectivity index (χ2n) is 6.74. The Kier molecular flexibility index (Phi) is 5.38. The third-order valence-corrected chi connectivity index (χ3v) is 4.72. The molecule has 1 fully saturated rings. The Bertz CT molecular complexity index is 929. The first-order valence-corrected chi connectivity index (χ1v) is 9.37. The van der Waals surface area contributed by atoms with Crippen molar-refractivity contribution < 1.29 is 18.6 Å². The van der Waals surface area contributed by atoms with Gasteiger partial charge in [-0.05, 0) is 24.9 Å². The third-order valence-electron chi connectivity index (χ3n) is 4.72. The highest BCUT2D eigenvalue weighted by Crippen LogP contribution is 2.26. The van der Waals surface area contributed by atoms with Crippen molar-refractivity contribution >= 4 is 5.91 Å². The van der Waals surface area contributed by atoms with Crippen molar-refractivity contribution in [3.05, 3.63) is 53.5 Å². The van der Waals surface area contributed by atoms with Crippen LogP contribution < -0.4 is 10.2 Å². The van der Waals surface area contributed by atoms with E-state index >= 15 is 0 Å². The van der Waals surface area contributed by atoms with Gasteiger partial charge in [-0.15, -0.1) is 0 Å². The number of aromatic nitrogens is 2. The normalized spacial score (nSPS) is 14.8. The van der Waals surface area contributed by atoms with E-state index in [0.29, 0.717) is 5.76 Å². The van der Waals surface area contributed by atoms with Gasteiger partial charge in [0.05, 0.1) is 11.6 Å². The SMILES string of the molecule is Cc1onc(-c2ccccc2)c1COc1cc(C(=O)NN2CCCCC2)on1.